The molecule has 3 rings (SSSR count). The van der Waals surface area contributed by atoms with Crippen molar-refractivity contribution in [3.63, 3.8) is 0 Å². The van der Waals surface area contributed by atoms with Crippen LogP contribution in [-0.4, -0.2) is 60.5 Å². The van der Waals surface area contributed by atoms with Gasteiger partial charge in [0.15, 0.2) is 0 Å². The molecule has 0 aliphatic carbocycles. The smallest absolute Gasteiger partial charge is 0.409 e. The summed E-state index contributed by atoms with van der Waals surface area (Å²) in [7, 11) is 0. The Morgan fingerprint density at radius 1 is 1.03 bits per heavy atom. The van der Waals surface area contributed by atoms with E-state index in [0.29, 0.717) is 55.3 Å². The normalized spacial score (nSPS) is 14.4. The molecule has 3 amide bonds. The van der Waals surface area contributed by atoms with Gasteiger partial charge in [-0.05, 0) is 35.9 Å². The van der Waals surface area contributed by atoms with Gasteiger partial charge in [-0.2, -0.15) is 0 Å². The first kappa shape index (κ1) is 21.8. The summed E-state index contributed by atoms with van der Waals surface area (Å²) in [6, 6.07) is 10.6. The molecule has 0 unspecified atom stereocenters. The average molecular weight is 430 g/mol. The number of nitrogens with one attached hydrogen (secondary N) is 1. The molecule has 0 saturated carbocycles. The summed E-state index contributed by atoms with van der Waals surface area (Å²) in [4.78, 5) is 41.8. The largest absolute Gasteiger partial charge is 0.449 e. The number of nitrogens with zero attached hydrogens (tertiary/aromatic N) is 2. The van der Waals surface area contributed by atoms with Crippen molar-refractivity contribution in [1.82, 2.24) is 9.80 Å². The number of benzene rings is 1. The number of hydrogen-bond donors (Lipinski definition) is 1. The first-order valence-electron chi connectivity index (χ1n) is 10.1. The third-order valence-electron chi connectivity index (χ3n) is 4.73. The molecule has 1 aliphatic rings. The van der Waals surface area contributed by atoms with E-state index in [1.54, 1.807) is 40.1 Å². The lowest BCUT2D eigenvalue weighted by Crippen LogP contribution is -2.38. The van der Waals surface area contributed by atoms with Crippen LogP contribution >= 0.6 is 11.3 Å². The Bertz CT molecular complexity index is 882. The van der Waals surface area contributed by atoms with E-state index in [1.165, 1.54) is 11.3 Å². The van der Waals surface area contributed by atoms with Crippen molar-refractivity contribution in [3.05, 3.63) is 52.2 Å². The lowest BCUT2D eigenvalue weighted by molar-refractivity contribution is 0.0747. The Morgan fingerprint density at radius 2 is 1.77 bits per heavy atom. The fourth-order valence-corrected chi connectivity index (χ4v) is 3.79. The number of ether oxygens (including phenoxy) is 1. The van der Waals surface area contributed by atoms with E-state index in [0.717, 1.165) is 0 Å². The van der Waals surface area contributed by atoms with Gasteiger partial charge < -0.3 is 19.9 Å². The molecule has 0 spiro atoms. The number of hydrogen-bond acceptors (Lipinski definition) is 5. The van der Waals surface area contributed by atoms with Crippen molar-refractivity contribution in [2.75, 3.05) is 38.1 Å². The van der Waals surface area contributed by atoms with Gasteiger partial charge in [0.05, 0.1) is 22.7 Å². The summed E-state index contributed by atoms with van der Waals surface area (Å²) in [5.41, 5.74) is 0.927. The van der Waals surface area contributed by atoms with Crippen LogP contribution < -0.4 is 5.32 Å². The Balaban J connectivity index is 1.65. The highest BCUT2D eigenvalue weighted by molar-refractivity contribution is 7.12. The quantitative estimate of drug-likeness (QED) is 0.781. The van der Waals surface area contributed by atoms with Gasteiger partial charge >= 0.3 is 6.09 Å². The SMILES string of the molecule is CC(C)COC(=O)N1CCCN(C(=O)c2ccccc2NC(=O)c2cccs2)CC1. The number of carbonyl (C=O) groups is 3. The minimum Gasteiger partial charge on any atom is -0.449 e. The van der Waals surface area contributed by atoms with E-state index in [4.69, 9.17) is 4.74 Å². The molecular weight excluding hydrogens is 402 g/mol. The van der Waals surface area contributed by atoms with Gasteiger partial charge in [0.1, 0.15) is 0 Å². The van der Waals surface area contributed by atoms with Crippen molar-refractivity contribution >= 4 is 34.9 Å². The maximum atomic E-state index is 13.2. The molecule has 2 aromatic rings. The number of thiophene rings is 1. The van der Waals surface area contributed by atoms with Crippen molar-refractivity contribution in [1.29, 1.82) is 0 Å². The minimum absolute atomic E-state index is 0.158. The summed E-state index contributed by atoms with van der Waals surface area (Å²) in [5, 5.41) is 4.68. The fraction of sp³-hybridized carbons (Fsp3) is 0.409. The minimum atomic E-state index is -0.332. The summed E-state index contributed by atoms with van der Waals surface area (Å²) < 4.78 is 5.31. The van der Waals surface area contributed by atoms with Crippen LogP contribution in [0.25, 0.3) is 0 Å². The third kappa shape index (κ3) is 5.60. The van der Waals surface area contributed by atoms with Crippen LogP contribution in [-0.2, 0) is 4.74 Å². The molecule has 1 aromatic heterocycles. The van der Waals surface area contributed by atoms with Gasteiger partial charge in [-0.25, -0.2) is 4.79 Å². The number of amides is 3. The molecule has 1 N–H and O–H groups in total. The predicted molar refractivity (Wildman–Crippen MR) is 117 cm³/mol. The molecule has 8 heteroatoms. The molecule has 1 aliphatic heterocycles. The summed E-state index contributed by atoms with van der Waals surface area (Å²) >= 11 is 1.35. The number of para-hydroxylation sites is 1. The topological polar surface area (TPSA) is 79.0 Å². The second-order valence-electron chi connectivity index (χ2n) is 7.58. The molecule has 0 atom stereocenters. The van der Waals surface area contributed by atoms with E-state index in [9.17, 15) is 14.4 Å². The first-order valence-corrected chi connectivity index (χ1v) is 11.0. The van der Waals surface area contributed by atoms with E-state index >= 15 is 0 Å². The van der Waals surface area contributed by atoms with Gasteiger partial charge in [0, 0.05) is 26.2 Å². The van der Waals surface area contributed by atoms with Gasteiger partial charge in [-0.15, -0.1) is 11.3 Å². The van der Waals surface area contributed by atoms with E-state index in [1.807, 2.05) is 25.3 Å². The van der Waals surface area contributed by atoms with Crippen molar-refractivity contribution in [2.24, 2.45) is 5.92 Å². The molecular formula is C22H27N3O4S. The molecule has 0 bridgehead atoms. The first-order chi connectivity index (χ1) is 14.5. The maximum absolute atomic E-state index is 13.2. The zero-order valence-electron chi connectivity index (χ0n) is 17.3. The summed E-state index contributed by atoms with van der Waals surface area (Å²) in [6.45, 7) is 6.30. The molecule has 1 saturated heterocycles. The van der Waals surface area contributed by atoms with E-state index in [-0.39, 0.29) is 23.8 Å². The number of anilines is 1. The van der Waals surface area contributed by atoms with Crippen LogP contribution in [0.5, 0.6) is 0 Å². The summed E-state index contributed by atoms with van der Waals surface area (Å²) in [5.74, 6) is -0.116. The molecule has 7 nitrogen and oxygen atoms in total. The van der Waals surface area contributed by atoms with Crippen LogP contribution in [0.2, 0.25) is 0 Å². The van der Waals surface area contributed by atoms with Crippen LogP contribution in [0.15, 0.2) is 41.8 Å². The Hall–Kier alpha value is -2.87. The van der Waals surface area contributed by atoms with Crippen molar-refractivity contribution in [2.45, 2.75) is 20.3 Å². The lowest BCUT2D eigenvalue weighted by atomic mass is 10.1. The number of rotatable bonds is 5. The highest BCUT2D eigenvalue weighted by atomic mass is 32.1. The maximum Gasteiger partial charge on any atom is 0.409 e. The van der Waals surface area contributed by atoms with Crippen LogP contribution in [0.1, 0.15) is 40.3 Å². The van der Waals surface area contributed by atoms with Crippen molar-refractivity contribution in [3.8, 4) is 0 Å². The molecule has 1 aromatic carbocycles. The molecule has 0 radical (unpaired) electrons. The zero-order valence-corrected chi connectivity index (χ0v) is 18.1. The number of carbonyl (C=O) groups excluding carboxylic acids is 3. The van der Waals surface area contributed by atoms with E-state index < -0.39 is 0 Å². The molecule has 160 valence electrons. The van der Waals surface area contributed by atoms with Crippen LogP contribution in [0.4, 0.5) is 10.5 Å². The van der Waals surface area contributed by atoms with Crippen molar-refractivity contribution < 1.29 is 19.1 Å². The Morgan fingerprint density at radius 3 is 2.50 bits per heavy atom. The summed E-state index contributed by atoms with van der Waals surface area (Å²) in [6.07, 6.45) is 0.341. The predicted octanol–water partition coefficient (Wildman–Crippen LogP) is 3.94. The third-order valence-corrected chi connectivity index (χ3v) is 5.60. The molecule has 30 heavy (non-hydrogen) atoms. The lowest BCUT2D eigenvalue weighted by Gasteiger charge is -2.23. The van der Waals surface area contributed by atoms with Crippen LogP contribution in [0.3, 0.4) is 0 Å². The average Bonchev–Trinajstić information content (AvgIpc) is 3.17. The standard InChI is InChI=1S/C22H27N3O4S/c1-16(2)15-29-22(28)25-11-6-10-24(12-13-25)21(27)17-7-3-4-8-18(17)23-20(26)19-9-5-14-30-19/h3-5,7-9,14,16H,6,10-13,15H2,1-2H3,(H,23,26). The van der Waals surface area contributed by atoms with Gasteiger partial charge in [0.25, 0.3) is 11.8 Å². The van der Waals surface area contributed by atoms with Gasteiger partial charge in [-0.1, -0.05) is 32.0 Å². The van der Waals surface area contributed by atoms with Gasteiger partial charge in [0.2, 0.25) is 0 Å². The fourth-order valence-electron chi connectivity index (χ4n) is 3.17. The monoisotopic (exact) mass is 429 g/mol. The highest BCUT2D eigenvalue weighted by Gasteiger charge is 2.25. The Kier molecular flexibility index (Phi) is 7.46. The molecule has 2 heterocycles. The second-order valence-corrected chi connectivity index (χ2v) is 8.53. The molecule has 1 fully saturated rings. The zero-order chi connectivity index (χ0) is 21.5. The van der Waals surface area contributed by atoms with Gasteiger partial charge in [-0.3, -0.25) is 9.59 Å². The highest BCUT2D eigenvalue weighted by Crippen LogP contribution is 2.20. The Labute approximate surface area is 180 Å². The van der Waals surface area contributed by atoms with E-state index in [2.05, 4.69) is 5.32 Å². The van der Waals surface area contributed by atoms with Crippen LogP contribution in [0, 0.1) is 5.92 Å². The second kappa shape index (κ2) is 10.2.